The van der Waals surface area contributed by atoms with E-state index in [4.69, 9.17) is 39.5 Å². The number of nitrogens with zero attached hydrogens (tertiary/aromatic N) is 3. The van der Waals surface area contributed by atoms with Gasteiger partial charge < -0.3 is 9.30 Å². The van der Waals surface area contributed by atoms with Crippen LogP contribution in [0.25, 0.3) is 10.9 Å². The van der Waals surface area contributed by atoms with Crippen molar-refractivity contribution in [2.24, 2.45) is 7.05 Å². The third-order valence-electron chi connectivity index (χ3n) is 5.31. The molecule has 0 N–H and O–H groups in total. The highest BCUT2D eigenvalue weighted by molar-refractivity contribution is 7.93. The summed E-state index contributed by atoms with van der Waals surface area (Å²) in [7, 11) is -2.34. The van der Waals surface area contributed by atoms with Crippen LogP contribution in [0, 0.1) is 0 Å². The van der Waals surface area contributed by atoms with Crippen LogP contribution in [0.3, 0.4) is 0 Å². The number of halogens is 3. The van der Waals surface area contributed by atoms with Gasteiger partial charge in [0, 0.05) is 25.0 Å². The molecule has 35 heavy (non-hydrogen) atoms. The third-order valence-corrected chi connectivity index (χ3v) is 8.02. The molecule has 0 fully saturated rings. The molecule has 0 saturated heterocycles. The Morgan fingerprint density at radius 2 is 1.83 bits per heavy atom. The van der Waals surface area contributed by atoms with Crippen LogP contribution >= 0.6 is 34.8 Å². The number of aryl methyl sites for hydroxylation is 1. The van der Waals surface area contributed by atoms with Gasteiger partial charge in [0.1, 0.15) is 4.90 Å². The number of ether oxygens (including phenoxy) is 1. The summed E-state index contributed by atoms with van der Waals surface area (Å²) in [5, 5.41) is 1.14. The maximum absolute atomic E-state index is 13.9. The normalized spacial score (nSPS) is 11.6. The number of carbonyl (C=O) groups excluding carboxylic acids is 1. The fourth-order valence-corrected chi connectivity index (χ4v) is 6.11. The minimum absolute atomic E-state index is 0.00485. The number of sulfonamides is 1. The van der Waals surface area contributed by atoms with Crippen LogP contribution in [0.5, 0.6) is 0 Å². The van der Waals surface area contributed by atoms with Crippen LogP contribution < -0.4 is 4.31 Å². The van der Waals surface area contributed by atoms with Crippen molar-refractivity contribution < 1.29 is 17.9 Å². The molecule has 4 aromatic rings. The predicted molar refractivity (Wildman–Crippen MR) is 138 cm³/mol. The van der Waals surface area contributed by atoms with Crippen molar-refractivity contribution in [1.29, 1.82) is 0 Å². The molecule has 2 aromatic carbocycles. The number of benzene rings is 2. The smallest absolute Gasteiger partial charge is 0.338 e. The molecule has 0 amide bonds. The highest BCUT2D eigenvalue weighted by Crippen LogP contribution is 2.34. The molecule has 2 aromatic heterocycles. The van der Waals surface area contributed by atoms with E-state index in [9.17, 15) is 13.2 Å². The zero-order chi connectivity index (χ0) is 25.3. The van der Waals surface area contributed by atoms with Gasteiger partial charge in [0.15, 0.2) is 5.82 Å². The predicted octanol–water partition coefficient (Wildman–Crippen LogP) is 6.11. The second kappa shape index (κ2) is 10.1. The molecule has 0 spiro atoms. The SMILES string of the molecule is CCOC(=O)c1ccc(S(=O)(=O)N(Cc2ccc3c(ccn3C)c2)c2ncc(Cl)cc2Cl)c(Cl)c1. The van der Waals surface area contributed by atoms with Crippen molar-refractivity contribution in [2.75, 3.05) is 10.9 Å². The van der Waals surface area contributed by atoms with Crippen LogP contribution in [0.15, 0.2) is 65.8 Å². The fraction of sp³-hybridized carbons (Fsp3) is 0.167. The molecule has 0 aliphatic rings. The molecule has 0 unspecified atom stereocenters. The van der Waals surface area contributed by atoms with E-state index in [1.54, 1.807) is 6.92 Å². The van der Waals surface area contributed by atoms with Gasteiger partial charge in [-0.1, -0.05) is 40.9 Å². The Kier molecular flexibility index (Phi) is 7.28. The summed E-state index contributed by atoms with van der Waals surface area (Å²) < 4.78 is 35.7. The van der Waals surface area contributed by atoms with E-state index < -0.39 is 16.0 Å². The van der Waals surface area contributed by atoms with E-state index >= 15 is 0 Å². The van der Waals surface area contributed by atoms with Gasteiger partial charge in [-0.25, -0.2) is 22.5 Å². The monoisotopic (exact) mass is 551 g/mol. The fourth-order valence-electron chi connectivity index (χ4n) is 3.63. The number of anilines is 1. The molecule has 0 atom stereocenters. The maximum atomic E-state index is 13.9. The number of hydrogen-bond donors (Lipinski definition) is 0. The minimum atomic E-state index is -4.27. The van der Waals surface area contributed by atoms with Gasteiger partial charge in [-0.3, -0.25) is 0 Å². The molecular weight excluding hydrogens is 533 g/mol. The number of rotatable bonds is 7. The van der Waals surface area contributed by atoms with Crippen molar-refractivity contribution >= 4 is 67.5 Å². The van der Waals surface area contributed by atoms with E-state index in [-0.39, 0.29) is 44.5 Å². The number of aromatic nitrogens is 2. The summed E-state index contributed by atoms with van der Waals surface area (Å²) in [4.78, 5) is 16.0. The summed E-state index contributed by atoms with van der Waals surface area (Å²) in [6, 6.07) is 12.9. The van der Waals surface area contributed by atoms with Crippen molar-refractivity contribution in [1.82, 2.24) is 9.55 Å². The zero-order valence-corrected chi connectivity index (χ0v) is 21.8. The summed E-state index contributed by atoms with van der Waals surface area (Å²) >= 11 is 18.7. The molecule has 0 radical (unpaired) electrons. The first-order chi connectivity index (χ1) is 16.6. The lowest BCUT2D eigenvalue weighted by atomic mass is 10.1. The molecule has 0 saturated carbocycles. The van der Waals surface area contributed by atoms with Gasteiger partial charge in [-0.15, -0.1) is 0 Å². The summed E-state index contributed by atoms with van der Waals surface area (Å²) in [6.07, 6.45) is 3.24. The number of carbonyl (C=O) groups is 1. The first kappa shape index (κ1) is 25.3. The highest BCUT2D eigenvalue weighted by Gasteiger charge is 2.31. The lowest BCUT2D eigenvalue weighted by molar-refractivity contribution is 0.0526. The van der Waals surface area contributed by atoms with Gasteiger partial charge >= 0.3 is 5.97 Å². The second-order valence-corrected chi connectivity index (χ2v) is 10.7. The van der Waals surface area contributed by atoms with Crippen LogP contribution in [0.2, 0.25) is 15.1 Å². The molecular formula is C24H20Cl3N3O4S. The first-order valence-corrected chi connectivity index (χ1v) is 13.0. The molecule has 7 nitrogen and oxygen atoms in total. The third kappa shape index (κ3) is 5.11. The lowest BCUT2D eigenvalue weighted by Gasteiger charge is -2.25. The number of esters is 1. The Morgan fingerprint density at radius 1 is 1.06 bits per heavy atom. The highest BCUT2D eigenvalue weighted by atomic mass is 35.5. The van der Waals surface area contributed by atoms with Gasteiger partial charge in [0.05, 0.1) is 33.8 Å². The molecule has 0 aliphatic carbocycles. The average Bonchev–Trinajstić information content (AvgIpc) is 3.18. The summed E-state index contributed by atoms with van der Waals surface area (Å²) in [5.74, 6) is -0.608. The molecule has 11 heteroatoms. The molecule has 0 aliphatic heterocycles. The summed E-state index contributed by atoms with van der Waals surface area (Å²) in [5.41, 5.74) is 1.85. The quantitative estimate of drug-likeness (QED) is 0.259. The van der Waals surface area contributed by atoms with E-state index in [1.165, 1.54) is 30.5 Å². The van der Waals surface area contributed by atoms with Gasteiger partial charge in [-0.05, 0) is 60.3 Å². The Hall–Kier alpha value is -2.78. The molecule has 0 bridgehead atoms. The second-order valence-electron chi connectivity index (χ2n) is 7.66. The van der Waals surface area contributed by atoms with Crippen molar-refractivity contribution in [3.63, 3.8) is 0 Å². The van der Waals surface area contributed by atoms with E-state index in [2.05, 4.69) is 4.98 Å². The first-order valence-electron chi connectivity index (χ1n) is 10.5. The Balaban J connectivity index is 1.81. The van der Waals surface area contributed by atoms with Gasteiger partial charge in [0.25, 0.3) is 10.0 Å². The topological polar surface area (TPSA) is 81.5 Å². The van der Waals surface area contributed by atoms with E-state index in [0.29, 0.717) is 5.56 Å². The minimum Gasteiger partial charge on any atom is -0.462 e. The van der Waals surface area contributed by atoms with E-state index in [0.717, 1.165) is 15.2 Å². The molecule has 182 valence electrons. The van der Waals surface area contributed by atoms with Gasteiger partial charge in [0.2, 0.25) is 0 Å². The van der Waals surface area contributed by atoms with Crippen molar-refractivity contribution in [3.05, 3.63) is 87.1 Å². The van der Waals surface area contributed by atoms with Crippen LogP contribution in [-0.2, 0) is 28.4 Å². The Labute approximate surface area is 217 Å². The number of pyridine rings is 1. The lowest BCUT2D eigenvalue weighted by Crippen LogP contribution is -2.32. The average molecular weight is 553 g/mol. The molecule has 4 rings (SSSR count). The number of hydrogen-bond acceptors (Lipinski definition) is 5. The summed E-state index contributed by atoms with van der Waals surface area (Å²) in [6.45, 7) is 1.78. The zero-order valence-electron chi connectivity index (χ0n) is 18.7. The van der Waals surface area contributed by atoms with Gasteiger partial charge in [-0.2, -0.15) is 0 Å². The Bertz CT molecular complexity index is 1540. The number of fused-ring (bicyclic) bond motifs is 1. The van der Waals surface area contributed by atoms with Crippen LogP contribution in [0.1, 0.15) is 22.8 Å². The van der Waals surface area contributed by atoms with Crippen LogP contribution in [0.4, 0.5) is 5.82 Å². The van der Waals surface area contributed by atoms with E-state index in [1.807, 2.05) is 42.1 Å². The Morgan fingerprint density at radius 3 is 2.51 bits per heavy atom. The standard InChI is InChI=1S/C24H20Cl3N3O4S/c1-3-34-24(31)17-5-7-22(19(26)11-17)35(32,33)30(23-20(27)12-18(25)13-28-23)14-15-4-6-21-16(10-15)8-9-29(21)2/h4-13H,3,14H2,1-2H3. The van der Waals surface area contributed by atoms with Crippen molar-refractivity contribution in [3.8, 4) is 0 Å². The van der Waals surface area contributed by atoms with Crippen molar-refractivity contribution in [2.45, 2.75) is 18.4 Å². The molecule has 2 heterocycles. The largest absolute Gasteiger partial charge is 0.462 e. The van der Waals surface area contributed by atoms with Crippen LogP contribution in [-0.4, -0.2) is 30.5 Å². The maximum Gasteiger partial charge on any atom is 0.338 e.